The minimum atomic E-state index is -3.87. The smallest absolute Gasteiger partial charge is 0.338 e. The van der Waals surface area contributed by atoms with Crippen LogP contribution in [0.2, 0.25) is 0 Å². The lowest BCUT2D eigenvalue weighted by Gasteiger charge is -2.16. The van der Waals surface area contributed by atoms with Gasteiger partial charge in [0.1, 0.15) is 11.9 Å². The molecule has 134 valence electrons. The van der Waals surface area contributed by atoms with Gasteiger partial charge >= 0.3 is 5.97 Å². The number of hydrogen-bond acceptors (Lipinski definition) is 5. The highest BCUT2D eigenvalue weighted by atomic mass is 32.2. The Kier molecular flexibility index (Phi) is 5.89. The number of carbonyl (C=O) groups excluding carboxylic acids is 1. The number of hydroxylamine groups is 1. The van der Waals surface area contributed by atoms with Crippen molar-refractivity contribution in [3.8, 4) is 0 Å². The number of sulfonamides is 1. The molecule has 2 aromatic carbocycles. The summed E-state index contributed by atoms with van der Waals surface area (Å²) in [5.74, 6) is -1.07. The van der Waals surface area contributed by atoms with E-state index in [9.17, 15) is 17.6 Å². The fourth-order valence-corrected chi connectivity index (χ4v) is 3.08. The van der Waals surface area contributed by atoms with Crippen molar-refractivity contribution in [1.29, 1.82) is 0 Å². The van der Waals surface area contributed by atoms with E-state index in [1.807, 2.05) is 0 Å². The van der Waals surface area contributed by atoms with Crippen molar-refractivity contribution in [3.05, 3.63) is 65.5 Å². The van der Waals surface area contributed by atoms with E-state index >= 15 is 0 Å². The Morgan fingerprint density at radius 2 is 1.80 bits per heavy atom. The number of hydrogen-bond donors (Lipinski definition) is 0. The third-order valence-corrected chi connectivity index (χ3v) is 5.26. The molecule has 25 heavy (non-hydrogen) atoms. The van der Waals surface area contributed by atoms with Crippen LogP contribution >= 0.6 is 0 Å². The highest BCUT2D eigenvalue weighted by molar-refractivity contribution is 7.89. The molecule has 0 spiro atoms. The second-order valence-electron chi connectivity index (χ2n) is 5.22. The topological polar surface area (TPSA) is 72.9 Å². The molecule has 0 aliphatic carbocycles. The Hall–Kier alpha value is -2.29. The number of rotatable bonds is 6. The molecule has 0 aliphatic heterocycles. The molecule has 0 bridgehead atoms. The van der Waals surface area contributed by atoms with Gasteiger partial charge in [0.05, 0.1) is 17.6 Å². The number of carbonyl (C=O) groups is 1. The molecule has 0 N–H and O–H groups in total. The molecule has 0 amide bonds. The third kappa shape index (κ3) is 4.41. The van der Waals surface area contributed by atoms with Gasteiger partial charge in [-0.15, -0.1) is 0 Å². The average molecular weight is 367 g/mol. The molecule has 0 fully saturated rings. The maximum absolute atomic E-state index is 12.9. The van der Waals surface area contributed by atoms with Gasteiger partial charge in [-0.2, -0.15) is 0 Å². The Morgan fingerprint density at radius 1 is 1.16 bits per heavy atom. The summed E-state index contributed by atoms with van der Waals surface area (Å²) < 4.78 is 43.4. The van der Waals surface area contributed by atoms with Gasteiger partial charge < -0.3 is 4.74 Å². The molecule has 2 rings (SSSR count). The first-order valence-corrected chi connectivity index (χ1v) is 8.79. The summed E-state index contributed by atoms with van der Waals surface area (Å²) in [6, 6.07) is 11.0. The molecule has 0 saturated heterocycles. The van der Waals surface area contributed by atoms with Crippen LogP contribution in [0.4, 0.5) is 4.39 Å². The zero-order chi connectivity index (χ0) is 18.6. The maximum atomic E-state index is 12.9. The van der Waals surface area contributed by atoms with Gasteiger partial charge in [0.25, 0.3) is 10.0 Å². The Bertz CT molecular complexity index is 852. The van der Waals surface area contributed by atoms with Gasteiger partial charge in [-0.05, 0) is 42.8 Å². The number of esters is 1. The van der Waals surface area contributed by atoms with Gasteiger partial charge in [0.2, 0.25) is 0 Å². The fraction of sp³-hybridized carbons (Fsp3) is 0.235. The number of halogens is 1. The highest BCUT2D eigenvalue weighted by Gasteiger charge is 2.23. The van der Waals surface area contributed by atoms with E-state index in [0.717, 1.165) is 0 Å². The summed E-state index contributed by atoms with van der Waals surface area (Å²) in [6.07, 6.45) is -0.616. The first-order chi connectivity index (χ1) is 11.8. The number of nitrogens with zero attached hydrogens (tertiary/aromatic N) is 1. The lowest BCUT2D eigenvalue weighted by Crippen LogP contribution is -2.26. The van der Waals surface area contributed by atoms with Crippen LogP contribution in [-0.4, -0.2) is 33.0 Å². The van der Waals surface area contributed by atoms with Gasteiger partial charge in [0.15, 0.2) is 0 Å². The van der Waals surface area contributed by atoms with Crippen LogP contribution in [0, 0.1) is 5.82 Å². The molecule has 8 heteroatoms. The first kappa shape index (κ1) is 19.0. The van der Waals surface area contributed by atoms with Crippen LogP contribution in [0.15, 0.2) is 53.4 Å². The second kappa shape index (κ2) is 7.73. The molecule has 1 atom stereocenters. The number of ether oxygens (including phenoxy) is 1. The molecule has 0 saturated carbocycles. The molecule has 1 unspecified atom stereocenters. The third-order valence-electron chi connectivity index (χ3n) is 3.59. The summed E-state index contributed by atoms with van der Waals surface area (Å²) >= 11 is 0. The zero-order valence-corrected chi connectivity index (χ0v) is 14.8. The Morgan fingerprint density at radius 3 is 2.40 bits per heavy atom. The normalized spacial score (nSPS) is 12.8. The minimum Gasteiger partial charge on any atom is -0.454 e. The van der Waals surface area contributed by atoms with Crippen LogP contribution in [0.25, 0.3) is 0 Å². The monoisotopic (exact) mass is 367 g/mol. The van der Waals surface area contributed by atoms with E-state index in [2.05, 4.69) is 0 Å². The van der Waals surface area contributed by atoms with E-state index in [1.54, 1.807) is 6.92 Å². The van der Waals surface area contributed by atoms with E-state index in [0.29, 0.717) is 10.0 Å². The Balaban J connectivity index is 2.20. The summed E-state index contributed by atoms with van der Waals surface area (Å²) in [7, 11) is -1.40. The average Bonchev–Trinajstić information content (AvgIpc) is 2.61. The molecule has 0 aliphatic rings. The van der Waals surface area contributed by atoms with E-state index in [-0.39, 0.29) is 16.3 Å². The van der Waals surface area contributed by atoms with E-state index < -0.39 is 22.1 Å². The molecule has 0 radical (unpaired) electrons. The Labute approximate surface area is 145 Å². The summed E-state index contributed by atoms with van der Waals surface area (Å²) in [4.78, 5) is 16.9. The van der Waals surface area contributed by atoms with Crippen LogP contribution in [0.5, 0.6) is 0 Å². The highest BCUT2D eigenvalue weighted by Crippen LogP contribution is 2.21. The molecular weight excluding hydrogens is 349 g/mol. The van der Waals surface area contributed by atoms with Gasteiger partial charge in [0, 0.05) is 7.05 Å². The van der Waals surface area contributed by atoms with E-state index in [1.165, 1.54) is 62.7 Å². The second-order valence-corrected chi connectivity index (χ2v) is 7.16. The lowest BCUT2D eigenvalue weighted by atomic mass is 10.1. The van der Waals surface area contributed by atoms with Gasteiger partial charge in [-0.3, -0.25) is 4.84 Å². The van der Waals surface area contributed by atoms with Crippen LogP contribution < -0.4 is 0 Å². The minimum absolute atomic E-state index is 0.0829. The van der Waals surface area contributed by atoms with Crippen molar-refractivity contribution >= 4 is 16.0 Å². The van der Waals surface area contributed by atoms with Crippen molar-refractivity contribution in [2.75, 3.05) is 14.2 Å². The lowest BCUT2D eigenvalue weighted by molar-refractivity contribution is -0.0258. The van der Waals surface area contributed by atoms with Crippen molar-refractivity contribution < 1.29 is 27.2 Å². The molecule has 0 heterocycles. The predicted octanol–water partition coefficient (Wildman–Crippen LogP) is 2.93. The maximum Gasteiger partial charge on any atom is 0.338 e. The molecular formula is C17H18FNO5S. The first-order valence-electron chi connectivity index (χ1n) is 7.35. The number of benzene rings is 2. The SMILES string of the molecule is CON(C)S(=O)(=O)c1cccc(C(=O)OC(C)c2ccc(F)cc2)c1. The predicted molar refractivity (Wildman–Crippen MR) is 88.6 cm³/mol. The molecule has 0 aromatic heterocycles. The zero-order valence-electron chi connectivity index (χ0n) is 14.0. The van der Waals surface area contributed by atoms with Gasteiger partial charge in [-0.25, -0.2) is 17.6 Å². The molecule has 6 nitrogen and oxygen atoms in total. The standard InChI is InChI=1S/C17H18FNO5S/c1-12(13-7-9-15(18)10-8-13)24-17(20)14-5-4-6-16(11-14)25(21,22)19(2)23-3/h4-12H,1-3H3. The summed E-state index contributed by atoms with van der Waals surface area (Å²) in [6.45, 7) is 1.64. The van der Waals surface area contributed by atoms with E-state index in [4.69, 9.17) is 9.57 Å². The summed E-state index contributed by atoms with van der Waals surface area (Å²) in [5, 5.41) is 0. The van der Waals surface area contributed by atoms with Crippen LogP contribution in [0.1, 0.15) is 28.9 Å². The van der Waals surface area contributed by atoms with Crippen molar-refractivity contribution in [3.63, 3.8) is 0 Å². The van der Waals surface area contributed by atoms with Crippen molar-refractivity contribution in [2.24, 2.45) is 0 Å². The largest absolute Gasteiger partial charge is 0.454 e. The van der Waals surface area contributed by atoms with Crippen molar-refractivity contribution in [1.82, 2.24) is 4.47 Å². The molecule has 2 aromatic rings. The quantitative estimate of drug-likeness (QED) is 0.580. The summed E-state index contributed by atoms with van der Waals surface area (Å²) in [5.41, 5.74) is 0.706. The van der Waals surface area contributed by atoms with Crippen LogP contribution in [-0.2, 0) is 19.6 Å². The van der Waals surface area contributed by atoms with Crippen LogP contribution in [0.3, 0.4) is 0 Å². The fourth-order valence-electron chi connectivity index (χ4n) is 2.06. The van der Waals surface area contributed by atoms with Crippen molar-refractivity contribution in [2.45, 2.75) is 17.9 Å². The van der Waals surface area contributed by atoms with Gasteiger partial charge in [-0.1, -0.05) is 22.7 Å².